The number of halogens is 3. The first-order chi connectivity index (χ1) is 8.25. The Morgan fingerprint density at radius 1 is 1.39 bits per heavy atom. The molecule has 18 heavy (non-hydrogen) atoms. The monoisotopic (exact) mass is 262 g/mol. The minimum absolute atomic E-state index is 0.219. The molecule has 0 saturated carbocycles. The van der Waals surface area contributed by atoms with Crippen molar-refractivity contribution in [1.29, 1.82) is 0 Å². The van der Waals surface area contributed by atoms with Gasteiger partial charge in [0.25, 0.3) is 0 Å². The van der Waals surface area contributed by atoms with Gasteiger partial charge in [-0.1, -0.05) is 13.0 Å². The second kappa shape index (κ2) is 5.58. The van der Waals surface area contributed by atoms with Gasteiger partial charge in [-0.25, -0.2) is 0 Å². The van der Waals surface area contributed by atoms with Crippen LogP contribution in [-0.2, 0) is 6.18 Å². The van der Waals surface area contributed by atoms with Gasteiger partial charge >= 0.3 is 6.18 Å². The molecule has 102 valence electrons. The highest BCUT2D eigenvalue weighted by atomic mass is 19.4. The van der Waals surface area contributed by atoms with Gasteiger partial charge in [0.2, 0.25) is 0 Å². The smallest absolute Gasteiger partial charge is 0.398 e. The largest absolute Gasteiger partial charge is 0.418 e. The summed E-state index contributed by atoms with van der Waals surface area (Å²) in [5, 5.41) is 9.85. The first kappa shape index (κ1) is 14.8. The van der Waals surface area contributed by atoms with Crippen LogP contribution < -0.4 is 5.73 Å². The fourth-order valence-corrected chi connectivity index (χ4v) is 1.56. The van der Waals surface area contributed by atoms with E-state index in [-0.39, 0.29) is 17.8 Å². The molecule has 1 atom stereocenters. The topological polar surface area (TPSA) is 49.5 Å². The van der Waals surface area contributed by atoms with Crippen LogP contribution in [0.15, 0.2) is 18.2 Å². The zero-order chi connectivity index (χ0) is 13.9. The molecule has 0 bridgehead atoms. The molecule has 1 unspecified atom stereocenters. The Balaban J connectivity index is 2.98. The van der Waals surface area contributed by atoms with Crippen LogP contribution in [0.2, 0.25) is 0 Å². The average Bonchev–Trinajstić information content (AvgIpc) is 2.27. The lowest BCUT2D eigenvalue weighted by molar-refractivity contribution is -0.137. The maximum absolute atomic E-state index is 12.6. The van der Waals surface area contributed by atoms with E-state index in [4.69, 9.17) is 5.73 Å². The number of rotatable bonds is 4. The number of aliphatic hydroxyl groups is 1. The molecule has 0 amide bonds. The van der Waals surface area contributed by atoms with Crippen molar-refractivity contribution in [1.82, 2.24) is 4.90 Å². The molecule has 0 aliphatic rings. The number of aliphatic hydroxyl groups excluding tert-OH is 1. The van der Waals surface area contributed by atoms with Crippen molar-refractivity contribution >= 4 is 5.69 Å². The molecule has 0 fully saturated rings. The number of anilines is 1. The number of nitrogens with zero attached hydrogens (tertiary/aromatic N) is 1. The molecule has 1 aromatic rings. The minimum Gasteiger partial charge on any atom is -0.398 e. The van der Waals surface area contributed by atoms with Gasteiger partial charge < -0.3 is 15.7 Å². The zero-order valence-corrected chi connectivity index (χ0v) is 10.3. The van der Waals surface area contributed by atoms with Gasteiger partial charge in [-0.15, -0.1) is 0 Å². The summed E-state index contributed by atoms with van der Waals surface area (Å²) < 4.78 is 37.9. The van der Waals surface area contributed by atoms with Gasteiger partial charge in [0.15, 0.2) is 0 Å². The Hall–Kier alpha value is -1.27. The first-order valence-corrected chi connectivity index (χ1v) is 5.59. The number of nitrogen functional groups attached to an aromatic ring is 1. The van der Waals surface area contributed by atoms with Crippen molar-refractivity contribution in [2.24, 2.45) is 0 Å². The second-order valence-electron chi connectivity index (χ2n) is 4.22. The molecule has 0 spiro atoms. The summed E-state index contributed by atoms with van der Waals surface area (Å²) in [6.07, 6.45) is -5.46. The van der Waals surface area contributed by atoms with Gasteiger partial charge in [-0.05, 0) is 31.3 Å². The predicted molar refractivity (Wildman–Crippen MR) is 64.0 cm³/mol. The van der Waals surface area contributed by atoms with Crippen LogP contribution in [0, 0.1) is 0 Å². The fraction of sp³-hybridized carbons (Fsp3) is 0.500. The molecule has 0 aliphatic heterocycles. The molecular weight excluding hydrogens is 245 g/mol. The van der Waals surface area contributed by atoms with E-state index in [0.29, 0.717) is 6.54 Å². The Bertz CT molecular complexity index is 407. The molecule has 0 aromatic heterocycles. The summed E-state index contributed by atoms with van der Waals surface area (Å²) in [6.45, 7) is 2.88. The van der Waals surface area contributed by atoms with E-state index < -0.39 is 17.8 Å². The van der Waals surface area contributed by atoms with Crippen LogP contribution in [0.1, 0.15) is 24.2 Å². The Morgan fingerprint density at radius 3 is 2.50 bits per heavy atom. The SMILES string of the molecule is CCN(C)CC(O)c1ccc(N)c(C(F)(F)F)c1. The van der Waals surface area contributed by atoms with Gasteiger partial charge in [0, 0.05) is 12.2 Å². The maximum Gasteiger partial charge on any atom is 0.418 e. The third kappa shape index (κ3) is 3.61. The third-order valence-electron chi connectivity index (χ3n) is 2.79. The molecular formula is C12H17F3N2O. The Morgan fingerprint density at radius 2 is 2.00 bits per heavy atom. The molecule has 1 aromatic carbocycles. The van der Waals surface area contributed by atoms with E-state index >= 15 is 0 Å². The summed E-state index contributed by atoms with van der Waals surface area (Å²) in [6, 6.07) is 3.50. The molecule has 3 N–H and O–H groups in total. The number of likely N-dealkylation sites (N-methyl/N-ethyl adjacent to an activating group) is 1. The van der Waals surface area contributed by atoms with Gasteiger partial charge in [-0.3, -0.25) is 0 Å². The van der Waals surface area contributed by atoms with Crippen LogP contribution in [0.5, 0.6) is 0 Å². The van der Waals surface area contributed by atoms with Gasteiger partial charge in [-0.2, -0.15) is 13.2 Å². The van der Waals surface area contributed by atoms with Crippen LogP contribution >= 0.6 is 0 Å². The molecule has 3 nitrogen and oxygen atoms in total. The highest BCUT2D eigenvalue weighted by molar-refractivity contribution is 5.50. The van der Waals surface area contributed by atoms with Crippen LogP contribution in [0.25, 0.3) is 0 Å². The predicted octanol–water partition coefficient (Wildman–Crippen LogP) is 2.27. The van der Waals surface area contributed by atoms with E-state index in [2.05, 4.69) is 0 Å². The Labute approximate surface area is 104 Å². The van der Waals surface area contributed by atoms with Gasteiger partial charge in [0.05, 0.1) is 11.7 Å². The number of hydrogen-bond acceptors (Lipinski definition) is 3. The van der Waals surface area contributed by atoms with E-state index in [1.54, 1.807) is 7.05 Å². The van der Waals surface area contributed by atoms with Crippen molar-refractivity contribution in [2.45, 2.75) is 19.2 Å². The standard InChI is InChI=1S/C12H17F3N2O/c1-3-17(2)7-11(18)8-4-5-10(16)9(6-8)12(13,14)15/h4-6,11,18H,3,7,16H2,1-2H3. The van der Waals surface area contributed by atoms with Gasteiger partial charge in [0.1, 0.15) is 0 Å². The second-order valence-corrected chi connectivity index (χ2v) is 4.22. The minimum atomic E-state index is -4.50. The van der Waals surface area contributed by atoms with Crippen molar-refractivity contribution in [2.75, 3.05) is 25.9 Å². The fourth-order valence-electron chi connectivity index (χ4n) is 1.56. The van der Waals surface area contributed by atoms with Crippen LogP contribution in [0.4, 0.5) is 18.9 Å². The lowest BCUT2D eigenvalue weighted by Gasteiger charge is -2.20. The average molecular weight is 262 g/mol. The van der Waals surface area contributed by atoms with Crippen molar-refractivity contribution < 1.29 is 18.3 Å². The number of hydrogen-bond donors (Lipinski definition) is 2. The lowest BCUT2D eigenvalue weighted by atomic mass is 10.0. The number of nitrogens with two attached hydrogens (primary N) is 1. The van der Waals surface area contributed by atoms with Crippen molar-refractivity contribution in [3.05, 3.63) is 29.3 Å². The van der Waals surface area contributed by atoms with E-state index in [0.717, 1.165) is 6.07 Å². The van der Waals surface area contributed by atoms with E-state index in [9.17, 15) is 18.3 Å². The maximum atomic E-state index is 12.6. The lowest BCUT2D eigenvalue weighted by Crippen LogP contribution is -2.24. The van der Waals surface area contributed by atoms with E-state index in [1.807, 2.05) is 11.8 Å². The summed E-state index contributed by atoms with van der Waals surface area (Å²) in [4.78, 5) is 1.81. The van der Waals surface area contributed by atoms with Crippen LogP contribution in [-0.4, -0.2) is 30.1 Å². The summed E-state index contributed by atoms with van der Waals surface area (Å²) in [7, 11) is 1.78. The number of alkyl halides is 3. The number of benzene rings is 1. The zero-order valence-electron chi connectivity index (χ0n) is 10.3. The normalized spacial score (nSPS) is 13.9. The molecule has 0 heterocycles. The van der Waals surface area contributed by atoms with Crippen LogP contribution in [0.3, 0.4) is 0 Å². The molecule has 0 saturated heterocycles. The first-order valence-electron chi connectivity index (χ1n) is 5.59. The summed E-state index contributed by atoms with van der Waals surface area (Å²) >= 11 is 0. The quantitative estimate of drug-likeness (QED) is 0.818. The highest BCUT2D eigenvalue weighted by Crippen LogP contribution is 2.35. The summed E-state index contributed by atoms with van der Waals surface area (Å²) in [5.41, 5.74) is 4.27. The summed E-state index contributed by atoms with van der Waals surface area (Å²) in [5.74, 6) is 0. The van der Waals surface area contributed by atoms with E-state index in [1.165, 1.54) is 12.1 Å². The molecule has 1 rings (SSSR count). The third-order valence-corrected chi connectivity index (χ3v) is 2.79. The van der Waals surface area contributed by atoms with Crippen molar-refractivity contribution in [3.8, 4) is 0 Å². The Kier molecular flexibility index (Phi) is 4.59. The molecule has 0 radical (unpaired) electrons. The highest BCUT2D eigenvalue weighted by Gasteiger charge is 2.33. The molecule has 6 heteroatoms. The molecule has 0 aliphatic carbocycles. The van der Waals surface area contributed by atoms with Crippen molar-refractivity contribution in [3.63, 3.8) is 0 Å².